The lowest BCUT2D eigenvalue weighted by Crippen LogP contribution is -2.35. The standard InChI is InChI=1S/C20H27ClFN5S2/c21-16-9-19(29-26-20-25-6-8-28-20)17(22)10-18(16)24-4-1-2-7-27-12-14-3-5-23-11-15(14)13-27/h6,8-10,14-15,23-24H,1-5,7,11-13H2,(H,25,26)/t14-,15+/m0/s1. The minimum Gasteiger partial charge on any atom is -0.384 e. The molecule has 1 aromatic carbocycles. The van der Waals surface area contributed by atoms with E-state index in [2.05, 4.69) is 25.2 Å². The van der Waals surface area contributed by atoms with Gasteiger partial charge in [0.2, 0.25) is 0 Å². The minimum absolute atomic E-state index is 0.292. The molecular formula is C20H27ClFN5S2. The summed E-state index contributed by atoms with van der Waals surface area (Å²) in [6.45, 7) is 6.79. The van der Waals surface area contributed by atoms with E-state index in [0.29, 0.717) is 15.6 Å². The molecule has 1 aromatic heterocycles. The van der Waals surface area contributed by atoms with Crippen molar-refractivity contribution in [3.63, 3.8) is 0 Å². The Balaban J connectivity index is 1.18. The van der Waals surface area contributed by atoms with Crippen molar-refractivity contribution in [1.82, 2.24) is 15.2 Å². The van der Waals surface area contributed by atoms with E-state index in [9.17, 15) is 4.39 Å². The highest BCUT2D eigenvalue weighted by atomic mass is 35.5. The number of rotatable bonds is 9. The fourth-order valence-electron chi connectivity index (χ4n) is 4.15. The maximum Gasteiger partial charge on any atom is 0.192 e. The minimum atomic E-state index is -0.292. The molecule has 0 radical (unpaired) electrons. The number of halogens is 2. The van der Waals surface area contributed by atoms with Gasteiger partial charge in [-0.05, 0) is 74.8 Å². The van der Waals surface area contributed by atoms with Gasteiger partial charge < -0.3 is 20.3 Å². The van der Waals surface area contributed by atoms with Crippen molar-refractivity contribution < 1.29 is 4.39 Å². The molecule has 2 atom stereocenters. The highest BCUT2D eigenvalue weighted by Gasteiger charge is 2.33. The lowest BCUT2D eigenvalue weighted by molar-refractivity contribution is 0.314. The number of fused-ring (bicyclic) bond motifs is 1. The monoisotopic (exact) mass is 455 g/mol. The number of likely N-dealkylation sites (tertiary alicyclic amines) is 1. The van der Waals surface area contributed by atoms with Gasteiger partial charge in [0.15, 0.2) is 5.13 Å². The van der Waals surface area contributed by atoms with Crippen molar-refractivity contribution in [2.24, 2.45) is 11.8 Å². The third-order valence-corrected chi connectivity index (χ3v) is 7.63. The summed E-state index contributed by atoms with van der Waals surface area (Å²) in [5.74, 6) is 1.43. The number of piperidine rings is 1. The Kier molecular flexibility index (Phi) is 7.53. The van der Waals surface area contributed by atoms with E-state index in [1.54, 1.807) is 12.3 Å². The van der Waals surface area contributed by atoms with Crippen LogP contribution in [0.3, 0.4) is 0 Å². The van der Waals surface area contributed by atoms with Crippen molar-refractivity contribution in [3.05, 3.63) is 34.5 Å². The zero-order chi connectivity index (χ0) is 20.1. The Bertz CT molecular complexity index is 777. The van der Waals surface area contributed by atoms with E-state index in [4.69, 9.17) is 11.6 Å². The number of aromatic nitrogens is 1. The van der Waals surface area contributed by atoms with Crippen molar-refractivity contribution in [2.75, 3.05) is 49.3 Å². The van der Waals surface area contributed by atoms with Crippen LogP contribution >= 0.6 is 34.9 Å². The summed E-state index contributed by atoms with van der Waals surface area (Å²) >= 11 is 9.00. The smallest absolute Gasteiger partial charge is 0.192 e. The Hall–Kier alpha value is -1.06. The highest BCUT2D eigenvalue weighted by Crippen LogP contribution is 2.32. The molecule has 158 valence electrons. The molecule has 9 heteroatoms. The van der Waals surface area contributed by atoms with Crippen LogP contribution < -0.4 is 15.4 Å². The van der Waals surface area contributed by atoms with Crippen LogP contribution in [0.2, 0.25) is 5.02 Å². The lowest BCUT2D eigenvalue weighted by atomic mass is 9.90. The van der Waals surface area contributed by atoms with Crippen molar-refractivity contribution >= 4 is 45.7 Å². The molecule has 0 amide bonds. The Labute approximate surface area is 184 Å². The molecule has 2 fully saturated rings. The number of benzene rings is 1. The van der Waals surface area contributed by atoms with Gasteiger partial charge in [0, 0.05) is 31.2 Å². The average molecular weight is 456 g/mol. The zero-order valence-electron chi connectivity index (χ0n) is 16.3. The lowest BCUT2D eigenvalue weighted by Gasteiger charge is -2.24. The molecular weight excluding hydrogens is 429 g/mol. The van der Waals surface area contributed by atoms with Gasteiger partial charge in [-0.3, -0.25) is 0 Å². The third-order valence-electron chi connectivity index (χ3n) is 5.67. The molecule has 3 N–H and O–H groups in total. The number of nitrogens with one attached hydrogen (secondary N) is 3. The van der Waals surface area contributed by atoms with E-state index in [1.807, 2.05) is 5.38 Å². The van der Waals surface area contributed by atoms with Crippen LogP contribution in [0, 0.1) is 17.7 Å². The summed E-state index contributed by atoms with van der Waals surface area (Å²) < 4.78 is 17.4. The summed E-state index contributed by atoms with van der Waals surface area (Å²) in [7, 11) is 0. The molecule has 4 rings (SSSR count). The van der Waals surface area contributed by atoms with Crippen LogP contribution in [0.1, 0.15) is 19.3 Å². The molecule has 3 heterocycles. The number of unbranched alkanes of at least 4 members (excludes halogenated alkanes) is 1. The molecule has 29 heavy (non-hydrogen) atoms. The van der Waals surface area contributed by atoms with Crippen molar-refractivity contribution in [1.29, 1.82) is 0 Å². The molecule has 0 bridgehead atoms. The van der Waals surface area contributed by atoms with Crippen molar-refractivity contribution in [2.45, 2.75) is 24.2 Å². The van der Waals surface area contributed by atoms with Gasteiger partial charge in [-0.25, -0.2) is 9.37 Å². The van der Waals surface area contributed by atoms with Gasteiger partial charge in [-0.1, -0.05) is 11.6 Å². The SMILES string of the molecule is Fc1cc(NCCCCN2C[C@H]3CNCC[C@H]3C2)c(Cl)cc1SNc1nccs1. The second kappa shape index (κ2) is 10.3. The summed E-state index contributed by atoms with van der Waals surface area (Å²) in [5, 5.41) is 9.94. The summed E-state index contributed by atoms with van der Waals surface area (Å²) in [5.41, 5.74) is 0.654. The molecule has 0 aliphatic carbocycles. The molecule has 2 aromatic rings. The molecule has 2 aliphatic rings. The topological polar surface area (TPSA) is 52.2 Å². The van der Waals surface area contributed by atoms with Crippen LogP contribution in [0.15, 0.2) is 28.6 Å². The van der Waals surface area contributed by atoms with E-state index >= 15 is 0 Å². The Morgan fingerprint density at radius 3 is 3.03 bits per heavy atom. The van der Waals surface area contributed by atoms with Crippen LogP contribution in [0.5, 0.6) is 0 Å². The van der Waals surface area contributed by atoms with E-state index < -0.39 is 0 Å². The zero-order valence-corrected chi connectivity index (χ0v) is 18.7. The largest absolute Gasteiger partial charge is 0.384 e. The predicted molar refractivity (Wildman–Crippen MR) is 122 cm³/mol. The maximum atomic E-state index is 14.4. The van der Waals surface area contributed by atoms with Gasteiger partial charge in [0.25, 0.3) is 0 Å². The summed E-state index contributed by atoms with van der Waals surface area (Å²) in [6.07, 6.45) is 5.22. The number of nitrogens with zero attached hydrogens (tertiary/aromatic N) is 2. The summed E-state index contributed by atoms with van der Waals surface area (Å²) in [4.78, 5) is 7.19. The van der Waals surface area contributed by atoms with Crippen LogP contribution in [0.25, 0.3) is 0 Å². The number of hydrogen-bond donors (Lipinski definition) is 3. The second-order valence-electron chi connectivity index (χ2n) is 7.71. The van der Waals surface area contributed by atoms with Gasteiger partial charge in [-0.2, -0.15) is 0 Å². The molecule has 2 aliphatic heterocycles. The van der Waals surface area contributed by atoms with Gasteiger partial charge in [0.1, 0.15) is 5.82 Å². The van der Waals surface area contributed by atoms with Gasteiger partial charge >= 0.3 is 0 Å². The summed E-state index contributed by atoms with van der Waals surface area (Å²) in [6, 6.07) is 3.14. The van der Waals surface area contributed by atoms with Crippen LogP contribution in [-0.4, -0.2) is 49.2 Å². The van der Waals surface area contributed by atoms with E-state index in [0.717, 1.165) is 42.9 Å². The first kappa shape index (κ1) is 21.2. The number of thiazole rings is 1. The number of anilines is 2. The van der Waals surface area contributed by atoms with E-state index in [1.165, 1.54) is 62.0 Å². The molecule has 0 spiro atoms. The fourth-order valence-corrected chi connectivity index (χ4v) is 5.72. The van der Waals surface area contributed by atoms with Gasteiger partial charge in [-0.15, -0.1) is 11.3 Å². The molecule has 0 saturated carbocycles. The Morgan fingerprint density at radius 1 is 1.31 bits per heavy atom. The first-order chi connectivity index (χ1) is 14.2. The van der Waals surface area contributed by atoms with Crippen LogP contribution in [-0.2, 0) is 0 Å². The third kappa shape index (κ3) is 5.76. The van der Waals surface area contributed by atoms with Crippen molar-refractivity contribution in [3.8, 4) is 0 Å². The number of hydrogen-bond acceptors (Lipinski definition) is 7. The molecule has 5 nitrogen and oxygen atoms in total. The Morgan fingerprint density at radius 2 is 2.21 bits per heavy atom. The normalized spacial score (nSPS) is 21.9. The van der Waals surface area contributed by atoms with E-state index in [-0.39, 0.29) is 5.82 Å². The van der Waals surface area contributed by atoms with Crippen LogP contribution in [0.4, 0.5) is 15.2 Å². The molecule has 0 unspecified atom stereocenters. The first-order valence-electron chi connectivity index (χ1n) is 10.2. The quantitative estimate of drug-likeness (QED) is 0.373. The first-order valence-corrected chi connectivity index (χ1v) is 12.2. The second-order valence-corrected chi connectivity index (χ2v) is 9.86. The highest BCUT2D eigenvalue weighted by molar-refractivity contribution is 8.00. The molecule has 2 saturated heterocycles. The predicted octanol–water partition coefficient (Wildman–Crippen LogP) is 4.79. The maximum absolute atomic E-state index is 14.4. The van der Waals surface area contributed by atoms with Gasteiger partial charge in [0.05, 0.1) is 15.6 Å². The fraction of sp³-hybridized carbons (Fsp3) is 0.550. The average Bonchev–Trinajstić information content (AvgIpc) is 3.38.